The number of rotatable bonds is 6. The Kier molecular flexibility index (Phi) is 5.90. The Labute approximate surface area is 205 Å². The lowest BCUT2D eigenvalue weighted by Gasteiger charge is -2.19. The second-order valence-corrected chi connectivity index (χ2v) is 10.4. The Bertz CT molecular complexity index is 1490. The largest absolute Gasteiger partial charge is 0.324 e. The molecule has 3 aromatic carbocycles. The molecule has 0 saturated carbocycles. The highest BCUT2D eigenvalue weighted by Crippen LogP contribution is 2.34. The number of hydrogen-bond acceptors (Lipinski definition) is 4. The molecular formula is C27H26N4O3S. The molecule has 5 rings (SSSR count). The van der Waals surface area contributed by atoms with Crippen molar-refractivity contribution < 1.29 is 13.2 Å². The fourth-order valence-electron chi connectivity index (χ4n) is 4.59. The normalized spacial score (nSPS) is 13.0. The fraction of sp³-hybridized carbons (Fsp3) is 0.185. The molecular weight excluding hydrogens is 460 g/mol. The molecule has 2 heterocycles. The maximum atomic E-state index is 13.5. The average molecular weight is 487 g/mol. The number of aryl methyl sites for hydroxylation is 1. The summed E-state index contributed by atoms with van der Waals surface area (Å²) in [7, 11) is -3.80. The van der Waals surface area contributed by atoms with E-state index in [1.54, 1.807) is 13.8 Å². The summed E-state index contributed by atoms with van der Waals surface area (Å²) in [6.07, 6.45) is 0.674. The number of amides is 1. The Morgan fingerprint density at radius 1 is 0.914 bits per heavy atom. The third-order valence-corrected chi connectivity index (χ3v) is 8.34. The molecule has 0 radical (unpaired) electrons. The summed E-state index contributed by atoms with van der Waals surface area (Å²) in [5, 5.41) is 7.26. The smallest absolute Gasteiger partial charge is 0.268 e. The highest BCUT2D eigenvalue weighted by molar-refractivity contribution is 7.93. The zero-order valence-electron chi connectivity index (χ0n) is 19.6. The molecule has 1 aromatic heterocycles. The maximum Gasteiger partial charge on any atom is 0.268 e. The van der Waals surface area contributed by atoms with Gasteiger partial charge in [0.15, 0.2) is 0 Å². The number of para-hydroxylation sites is 1. The Hall–Kier alpha value is -3.91. The van der Waals surface area contributed by atoms with Crippen molar-refractivity contribution in [3.05, 3.63) is 95.8 Å². The van der Waals surface area contributed by atoms with Gasteiger partial charge in [-0.1, -0.05) is 60.7 Å². The number of nitrogens with zero attached hydrogens (tertiary/aromatic N) is 3. The summed E-state index contributed by atoms with van der Waals surface area (Å²) in [5.41, 5.74) is 5.36. The molecule has 7 nitrogen and oxygen atoms in total. The van der Waals surface area contributed by atoms with E-state index in [0.717, 1.165) is 16.7 Å². The molecule has 0 unspecified atom stereocenters. The van der Waals surface area contributed by atoms with Crippen LogP contribution in [0.2, 0.25) is 0 Å². The Morgan fingerprint density at radius 2 is 1.57 bits per heavy atom. The van der Waals surface area contributed by atoms with Gasteiger partial charge in [0.25, 0.3) is 10.0 Å². The maximum absolute atomic E-state index is 13.5. The molecule has 1 aliphatic rings. The minimum atomic E-state index is -3.80. The van der Waals surface area contributed by atoms with E-state index in [-0.39, 0.29) is 17.3 Å². The molecule has 178 valence electrons. The van der Waals surface area contributed by atoms with Crippen LogP contribution in [-0.2, 0) is 27.8 Å². The predicted molar refractivity (Wildman–Crippen MR) is 137 cm³/mol. The van der Waals surface area contributed by atoms with Crippen LogP contribution in [-0.4, -0.2) is 30.7 Å². The van der Waals surface area contributed by atoms with Gasteiger partial charge >= 0.3 is 0 Å². The van der Waals surface area contributed by atoms with E-state index >= 15 is 0 Å². The van der Waals surface area contributed by atoms with Crippen LogP contribution in [0.3, 0.4) is 0 Å². The molecule has 0 saturated heterocycles. The highest BCUT2D eigenvalue weighted by Gasteiger charge is 2.35. The van der Waals surface area contributed by atoms with Gasteiger partial charge in [-0.3, -0.25) is 13.8 Å². The van der Waals surface area contributed by atoms with Crippen molar-refractivity contribution >= 4 is 27.3 Å². The molecule has 0 spiro atoms. The van der Waals surface area contributed by atoms with Crippen LogP contribution >= 0.6 is 0 Å². The second kappa shape index (κ2) is 9.03. The number of aromatic nitrogens is 2. The van der Waals surface area contributed by atoms with Gasteiger partial charge in [-0.05, 0) is 55.2 Å². The summed E-state index contributed by atoms with van der Waals surface area (Å²) in [6, 6.07) is 25.1. The van der Waals surface area contributed by atoms with E-state index in [2.05, 4.69) is 10.4 Å². The number of fused-ring (bicyclic) bond motifs is 1. The van der Waals surface area contributed by atoms with Crippen molar-refractivity contribution in [3.63, 3.8) is 0 Å². The van der Waals surface area contributed by atoms with E-state index < -0.39 is 10.0 Å². The van der Waals surface area contributed by atoms with Gasteiger partial charge < -0.3 is 5.32 Å². The zero-order chi connectivity index (χ0) is 24.6. The van der Waals surface area contributed by atoms with Crippen molar-refractivity contribution in [1.29, 1.82) is 0 Å². The van der Waals surface area contributed by atoms with Crippen LogP contribution in [0, 0.1) is 13.8 Å². The number of hydrogen-bond donors (Lipinski definition) is 1. The van der Waals surface area contributed by atoms with Gasteiger partial charge in [0, 0.05) is 12.2 Å². The number of anilines is 2. The quantitative estimate of drug-likeness (QED) is 0.433. The van der Waals surface area contributed by atoms with Crippen molar-refractivity contribution in [3.8, 4) is 11.1 Å². The highest BCUT2D eigenvalue weighted by atomic mass is 32.2. The average Bonchev–Trinajstić information content (AvgIpc) is 3.41. The third kappa shape index (κ3) is 4.33. The lowest BCUT2D eigenvalue weighted by Crippen LogP contribution is -2.30. The number of benzene rings is 3. The molecule has 1 amide bonds. The van der Waals surface area contributed by atoms with Crippen LogP contribution in [0.4, 0.5) is 11.4 Å². The summed E-state index contributed by atoms with van der Waals surface area (Å²) >= 11 is 0. The molecule has 0 bridgehead atoms. The first-order valence-corrected chi connectivity index (χ1v) is 12.9. The van der Waals surface area contributed by atoms with Gasteiger partial charge in [0.1, 0.15) is 11.4 Å². The summed E-state index contributed by atoms with van der Waals surface area (Å²) < 4.78 is 30.0. The van der Waals surface area contributed by atoms with Crippen molar-refractivity contribution in [2.24, 2.45) is 0 Å². The van der Waals surface area contributed by atoms with Crippen LogP contribution in [0.5, 0.6) is 0 Å². The van der Waals surface area contributed by atoms with E-state index in [4.69, 9.17) is 0 Å². The second-order valence-electron chi connectivity index (χ2n) is 8.61. The molecule has 0 fully saturated rings. The molecule has 1 N–H and O–H groups in total. The van der Waals surface area contributed by atoms with Crippen molar-refractivity contribution in [1.82, 2.24) is 9.78 Å². The first-order chi connectivity index (χ1) is 16.8. The fourth-order valence-corrected chi connectivity index (χ4v) is 6.47. The number of nitrogens with one attached hydrogen (secondary N) is 1. The minimum Gasteiger partial charge on any atom is -0.324 e. The molecule has 0 aliphatic carbocycles. The van der Waals surface area contributed by atoms with Gasteiger partial charge in [0.2, 0.25) is 5.91 Å². The van der Waals surface area contributed by atoms with E-state index in [0.29, 0.717) is 35.7 Å². The van der Waals surface area contributed by atoms with Gasteiger partial charge in [-0.15, -0.1) is 0 Å². The SMILES string of the molecule is Cc1nn(CC(=O)Nc2ccc(-c3ccccc3)cc2)c(C)c1S(=O)(=O)N1CCc2ccccc21. The summed E-state index contributed by atoms with van der Waals surface area (Å²) in [4.78, 5) is 12.9. The van der Waals surface area contributed by atoms with Crippen molar-refractivity contribution in [2.45, 2.75) is 31.7 Å². The number of carbonyl (C=O) groups excluding carboxylic acids is 1. The van der Waals surface area contributed by atoms with Crippen LogP contribution in [0.15, 0.2) is 83.8 Å². The van der Waals surface area contributed by atoms with E-state index in [1.807, 2.05) is 78.9 Å². The molecule has 1 aliphatic heterocycles. The van der Waals surface area contributed by atoms with Gasteiger partial charge in [-0.25, -0.2) is 8.42 Å². The third-order valence-electron chi connectivity index (χ3n) is 6.28. The van der Waals surface area contributed by atoms with Gasteiger partial charge in [-0.2, -0.15) is 5.10 Å². The van der Waals surface area contributed by atoms with Crippen LogP contribution in [0.25, 0.3) is 11.1 Å². The van der Waals surface area contributed by atoms with E-state index in [9.17, 15) is 13.2 Å². The standard InChI is InChI=1S/C27H26N4O3S/c1-19-27(35(33,34)31-17-16-23-10-6-7-11-25(23)31)20(2)30(29-19)18-26(32)28-24-14-12-22(13-15-24)21-8-4-3-5-9-21/h3-15H,16-18H2,1-2H3,(H,28,32). The summed E-state index contributed by atoms with van der Waals surface area (Å²) in [5.74, 6) is -0.279. The zero-order valence-corrected chi connectivity index (χ0v) is 20.4. The van der Waals surface area contributed by atoms with Crippen molar-refractivity contribution in [2.75, 3.05) is 16.2 Å². The topological polar surface area (TPSA) is 84.3 Å². The lowest BCUT2D eigenvalue weighted by molar-refractivity contribution is -0.116. The Balaban J connectivity index is 1.33. The van der Waals surface area contributed by atoms with Crippen LogP contribution in [0.1, 0.15) is 17.0 Å². The lowest BCUT2D eigenvalue weighted by atomic mass is 10.1. The molecule has 0 atom stereocenters. The Morgan fingerprint density at radius 3 is 2.31 bits per heavy atom. The van der Waals surface area contributed by atoms with Crippen LogP contribution < -0.4 is 9.62 Å². The predicted octanol–water partition coefficient (Wildman–Crippen LogP) is 4.56. The number of sulfonamides is 1. The van der Waals surface area contributed by atoms with Gasteiger partial charge in [0.05, 0.1) is 17.1 Å². The monoisotopic (exact) mass is 486 g/mol. The molecule has 35 heavy (non-hydrogen) atoms. The number of carbonyl (C=O) groups is 1. The molecule has 8 heteroatoms. The minimum absolute atomic E-state index is 0.0841. The van der Waals surface area contributed by atoms with E-state index in [1.165, 1.54) is 8.99 Å². The summed E-state index contributed by atoms with van der Waals surface area (Å²) in [6.45, 7) is 3.67. The first kappa shape index (κ1) is 22.9. The molecule has 4 aromatic rings. The first-order valence-electron chi connectivity index (χ1n) is 11.4.